The number of nitrogens with one attached hydrogen (secondary N) is 1. The van der Waals surface area contributed by atoms with E-state index in [0.29, 0.717) is 0 Å². The molecule has 0 atom stereocenters. The molecule has 0 spiro atoms. The molecule has 0 aliphatic rings. The minimum absolute atomic E-state index is 0.782. The summed E-state index contributed by atoms with van der Waals surface area (Å²) in [5.74, 6) is 0. The molecule has 0 heterocycles. The van der Waals surface area contributed by atoms with Gasteiger partial charge in [0.05, 0.1) is 0 Å². The lowest BCUT2D eigenvalue weighted by atomic mass is 10.1. The minimum atomic E-state index is 0.782. The number of hydrogen-bond donors (Lipinski definition) is 1. The van der Waals surface area contributed by atoms with Gasteiger partial charge in [-0.15, -0.1) is 0 Å². The first-order valence-electron chi connectivity index (χ1n) is 5.82. The number of halogens is 1. The van der Waals surface area contributed by atoms with Crippen LogP contribution in [0.25, 0.3) is 0 Å². The highest BCUT2D eigenvalue weighted by Crippen LogP contribution is 2.23. The molecule has 0 saturated carbocycles. The van der Waals surface area contributed by atoms with Crippen LogP contribution in [-0.4, -0.2) is 34.4 Å². The van der Waals surface area contributed by atoms with Crippen molar-refractivity contribution in [2.75, 3.05) is 39.3 Å². The maximum atomic E-state index is 6.02. The minimum Gasteiger partial charge on any atom is -0.385 e. The first-order valence-corrected chi connectivity index (χ1v) is 6.20. The number of hydrogen-bond acceptors (Lipinski definition) is 3. The molecular formula is C13H21ClN2O. The summed E-state index contributed by atoms with van der Waals surface area (Å²) in [5, 5.41) is 3.95. The van der Waals surface area contributed by atoms with E-state index in [9.17, 15) is 0 Å². The third-order valence-electron chi connectivity index (χ3n) is 2.66. The molecule has 1 aromatic carbocycles. The largest absolute Gasteiger partial charge is 0.385 e. The molecule has 0 aliphatic heterocycles. The van der Waals surface area contributed by atoms with Crippen molar-refractivity contribution >= 4 is 17.3 Å². The Balaban J connectivity index is 2.73. The summed E-state index contributed by atoms with van der Waals surface area (Å²) in [5.41, 5.74) is 2.44. The third-order valence-corrected chi connectivity index (χ3v) is 2.90. The molecule has 17 heavy (non-hydrogen) atoms. The topological polar surface area (TPSA) is 24.5 Å². The summed E-state index contributed by atoms with van der Waals surface area (Å²) in [6, 6.07) is 6.02. The maximum absolute atomic E-state index is 6.02. The van der Waals surface area contributed by atoms with Gasteiger partial charge in [0.15, 0.2) is 0 Å². The standard InChI is InChI=1S/C13H21ClN2O/c1-15-10-11-9-12(14)5-6-13(11)16(2)7-4-8-17-3/h5-6,9,15H,4,7-8,10H2,1-3H3. The van der Waals surface area contributed by atoms with Gasteiger partial charge in [0, 0.05) is 44.6 Å². The fourth-order valence-corrected chi connectivity index (χ4v) is 2.02. The Labute approximate surface area is 109 Å². The van der Waals surface area contributed by atoms with Crippen molar-refractivity contribution in [2.45, 2.75) is 13.0 Å². The van der Waals surface area contributed by atoms with Gasteiger partial charge in [-0.2, -0.15) is 0 Å². The van der Waals surface area contributed by atoms with Crippen LogP contribution in [0.3, 0.4) is 0 Å². The predicted octanol–water partition coefficient (Wildman–Crippen LogP) is 2.53. The summed E-state index contributed by atoms with van der Waals surface area (Å²) in [7, 11) is 5.77. The number of nitrogens with zero attached hydrogens (tertiary/aromatic N) is 1. The van der Waals surface area contributed by atoms with Gasteiger partial charge in [-0.05, 0) is 37.2 Å². The fraction of sp³-hybridized carbons (Fsp3) is 0.538. The third kappa shape index (κ3) is 4.54. The number of methoxy groups -OCH3 is 1. The Kier molecular flexibility index (Phi) is 6.34. The van der Waals surface area contributed by atoms with Crippen LogP contribution in [0.15, 0.2) is 18.2 Å². The highest BCUT2D eigenvalue weighted by atomic mass is 35.5. The lowest BCUT2D eigenvalue weighted by Gasteiger charge is -2.22. The summed E-state index contributed by atoms with van der Waals surface area (Å²) in [6.07, 6.45) is 1.02. The summed E-state index contributed by atoms with van der Waals surface area (Å²) in [4.78, 5) is 2.24. The number of rotatable bonds is 7. The Morgan fingerprint density at radius 3 is 2.82 bits per heavy atom. The lowest BCUT2D eigenvalue weighted by Crippen LogP contribution is -2.22. The Hall–Kier alpha value is -0.770. The van der Waals surface area contributed by atoms with E-state index >= 15 is 0 Å². The van der Waals surface area contributed by atoms with E-state index in [1.807, 2.05) is 19.2 Å². The van der Waals surface area contributed by atoms with Gasteiger partial charge in [0.1, 0.15) is 0 Å². The van der Waals surface area contributed by atoms with E-state index in [1.54, 1.807) is 7.11 Å². The summed E-state index contributed by atoms with van der Waals surface area (Å²) >= 11 is 6.02. The van der Waals surface area contributed by atoms with Gasteiger partial charge in [-0.1, -0.05) is 11.6 Å². The second-order valence-electron chi connectivity index (χ2n) is 4.07. The first-order chi connectivity index (χ1) is 8.19. The van der Waals surface area contributed by atoms with E-state index in [4.69, 9.17) is 16.3 Å². The molecule has 1 aromatic rings. The zero-order chi connectivity index (χ0) is 12.7. The molecule has 1 rings (SSSR count). The molecule has 0 aliphatic carbocycles. The zero-order valence-corrected chi connectivity index (χ0v) is 11.5. The monoisotopic (exact) mass is 256 g/mol. The van der Waals surface area contributed by atoms with Gasteiger partial charge in [0.25, 0.3) is 0 Å². The molecule has 0 bridgehead atoms. The van der Waals surface area contributed by atoms with Crippen molar-refractivity contribution in [3.05, 3.63) is 28.8 Å². The van der Waals surface area contributed by atoms with Crippen LogP contribution in [-0.2, 0) is 11.3 Å². The molecule has 0 saturated heterocycles. The Morgan fingerprint density at radius 2 is 2.18 bits per heavy atom. The van der Waals surface area contributed by atoms with Gasteiger partial charge in [-0.25, -0.2) is 0 Å². The van der Waals surface area contributed by atoms with Gasteiger partial charge < -0.3 is 15.0 Å². The molecule has 4 heteroatoms. The normalized spacial score (nSPS) is 10.6. The van der Waals surface area contributed by atoms with E-state index in [0.717, 1.165) is 31.1 Å². The van der Waals surface area contributed by atoms with Gasteiger partial charge in [0.2, 0.25) is 0 Å². The molecule has 0 aromatic heterocycles. The second kappa shape index (κ2) is 7.54. The van der Waals surface area contributed by atoms with E-state index < -0.39 is 0 Å². The number of anilines is 1. The van der Waals surface area contributed by atoms with Gasteiger partial charge in [-0.3, -0.25) is 0 Å². The van der Waals surface area contributed by atoms with Gasteiger partial charge >= 0.3 is 0 Å². The maximum Gasteiger partial charge on any atom is 0.0479 e. The molecule has 0 amide bonds. The molecule has 0 fully saturated rings. The van der Waals surface area contributed by atoms with Crippen molar-refractivity contribution in [3.63, 3.8) is 0 Å². The van der Waals surface area contributed by atoms with Crippen LogP contribution in [0.2, 0.25) is 5.02 Å². The van der Waals surface area contributed by atoms with E-state index in [2.05, 4.69) is 23.3 Å². The van der Waals surface area contributed by atoms with Crippen LogP contribution in [0.5, 0.6) is 0 Å². The van der Waals surface area contributed by atoms with Crippen molar-refractivity contribution in [1.29, 1.82) is 0 Å². The summed E-state index contributed by atoms with van der Waals surface area (Å²) < 4.78 is 5.06. The molecule has 3 nitrogen and oxygen atoms in total. The predicted molar refractivity (Wildman–Crippen MR) is 74.0 cm³/mol. The van der Waals surface area contributed by atoms with Crippen molar-refractivity contribution in [1.82, 2.24) is 5.32 Å². The molecule has 96 valence electrons. The molecule has 0 radical (unpaired) electrons. The van der Waals surface area contributed by atoms with Crippen LogP contribution in [0.1, 0.15) is 12.0 Å². The average Bonchev–Trinajstić information content (AvgIpc) is 2.30. The van der Waals surface area contributed by atoms with Crippen molar-refractivity contribution in [2.24, 2.45) is 0 Å². The highest BCUT2D eigenvalue weighted by Gasteiger charge is 2.07. The SMILES string of the molecule is CNCc1cc(Cl)ccc1N(C)CCCOC. The lowest BCUT2D eigenvalue weighted by molar-refractivity contribution is 0.196. The Bertz CT molecular complexity index is 344. The summed E-state index contributed by atoms with van der Waals surface area (Å²) in [6.45, 7) is 2.59. The van der Waals surface area contributed by atoms with E-state index in [1.165, 1.54) is 11.3 Å². The number of ether oxygens (including phenoxy) is 1. The smallest absolute Gasteiger partial charge is 0.0479 e. The van der Waals surface area contributed by atoms with Crippen LogP contribution in [0, 0.1) is 0 Å². The van der Waals surface area contributed by atoms with Crippen LogP contribution in [0.4, 0.5) is 5.69 Å². The fourth-order valence-electron chi connectivity index (χ4n) is 1.83. The Morgan fingerprint density at radius 1 is 1.41 bits per heavy atom. The quantitative estimate of drug-likeness (QED) is 0.759. The van der Waals surface area contributed by atoms with E-state index in [-0.39, 0.29) is 0 Å². The molecular weight excluding hydrogens is 236 g/mol. The van der Waals surface area contributed by atoms with Crippen molar-refractivity contribution in [3.8, 4) is 0 Å². The first kappa shape index (κ1) is 14.3. The van der Waals surface area contributed by atoms with Crippen LogP contribution >= 0.6 is 11.6 Å². The zero-order valence-electron chi connectivity index (χ0n) is 10.8. The second-order valence-corrected chi connectivity index (χ2v) is 4.51. The van der Waals surface area contributed by atoms with Crippen molar-refractivity contribution < 1.29 is 4.74 Å². The molecule has 1 N–H and O–H groups in total. The average molecular weight is 257 g/mol. The number of benzene rings is 1. The molecule has 0 unspecified atom stereocenters. The van der Waals surface area contributed by atoms with Crippen LogP contribution < -0.4 is 10.2 Å². The highest BCUT2D eigenvalue weighted by molar-refractivity contribution is 6.30.